The molecule has 172 valence electrons. The maximum Gasteiger partial charge on any atom is 0.265 e. The lowest BCUT2D eigenvalue weighted by Gasteiger charge is -2.34. The van der Waals surface area contributed by atoms with Crippen molar-refractivity contribution in [3.05, 3.63) is 63.1 Å². The number of carbonyl (C=O) groups excluding carboxylic acids is 1. The molecule has 1 aliphatic heterocycles. The molecule has 1 saturated carbocycles. The van der Waals surface area contributed by atoms with E-state index in [1.165, 1.54) is 10.9 Å². The number of ether oxygens (including phenoxy) is 2. The van der Waals surface area contributed by atoms with E-state index in [0.29, 0.717) is 42.1 Å². The van der Waals surface area contributed by atoms with Crippen LogP contribution in [-0.2, 0) is 20.9 Å². The Bertz CT molecular complexity index is 1270. The first-order chi connectivity index (χ1) is 16.0. The van der Waals surface area contributed by atoms with Crippen molar-refractivity contribution in [3.8, 4) is 5.69 Å². The monoisotopic (exact) mass is 512 g/mol. The highest BCUT2D eigenvalue weighted by molar-refractivity contribution is 9.10. The van der Waals surface area contributed by atoms with E-state index in [1.807, 2.05) is 30.3 Å². The smallest absolute Gasteiger partial charge is 0.265 e. The summed E-state index contributed by atoms with van der Waals surface area (Å²) in [6.07, 6.45) is 3.19. The minimum atomic E-state index is -0.473. The third-order valence-electron chi connectivity index (χ3n) is 6.40. The summed E-state index contributed by atoms with van der Waals surface area (Å²) in [6, 6.07) is 10.9. The van der Waals surface area contributed by atoms with Gasteiger partial charge in [0.25, 0.3) is 5.56 Å². The van der Waals surface area contributed by atoms with E-state index in [-0.39, 0.29) is 11.5 Å². The van der Waals surface area contributed by atoms with Gasteiger partial charge in [-0.3, -0.25) is 19.1 Å². The van der Waals surface area contributed by atoms with Gasteiger partial charge in [0, 0.05) is 35.9 Å². The van der Waals surface area contributed by atoms with Gasteiger partial charge in [0.2, 0.25) is 5.91 Å². The van der Waals surface area contributed by atoms with Crippen molar-refractivity contribution < 1.29 is 14.3 Å². The minimum absolute atomic E-state index is 0.0206. The van der Waals surface area contributed by atoms with Gasteiger partial charge in [-0.25, -0.2) is 4.98 Å². The molecule has 0 bridgehead atoms. The number of aromatic nitrogens is 2. The summed E-state index contributed by atoms with van der Waals surface area (Å²) in [6.45, 7) is 3.15. The maximum atomic E-state index is 13.4. The molecule has 0 spiro atoms. The van der Waals surface area contributed by atoms with Crippen molar-refractivity contribution >= 4 is 38.4 Å². The number of carbonyl (C=O) groups is 1. The highest BCUT2D eigenvalue weighted by Gasteiger charge is 2.54. The summed E-state index contributed by atoms with van der Waals surface area (Å²) in [5.41, 5.74) is 2.09. The number of morpholine rings is 1. The fraction of sp³-hybridized carbons (Fsp3) is 0.375. The lowest BCUT2D eigenvalue weighted by Crippen LogP contribution is -2.51. The second-order valence-electron chi connectivity index (χ2n) is 8.44. The van der Waals surface area contributed by atoms with Crippen molar-refractivity contribution in [2.45, 2.75) is 25.0 Å². The van der Waals surface area contributed by atoms with Gasteiger partial charge in [0.15, 0.2) is 0 Å². The fourth-order valence-corrected chi connectivity index (χ4v) is 4.77. The summed E-state index contributed by atoms with van der Waals surface area (Å²) >= 11 is 3.41. The Kier molecular flexibility index (Phi) is 6.05. The molecule has 3 aromatic rings. The molecule has 2 fully saturated rings. The molecule has 2 aliphatic rings. The number of methoxy groups -OCH3 is 1. The number of nitrogens with zero attached hydrogens (tertiary/aromatic N) is 3. The van der Waals surface area contributed by atoms with E-state index in [1.54, 1.807) is 13.2 Å². The fourth-order valence-electron chi connectivity index (χ4n) is 4.43. The van der Waals surface area contributed by atoms with Crippen LogP contribution >= 0.6 is 15.9 Å². The maximum absolute atomic E-state index is 13.4. The normalized spacial score (nSPS) is 17.8. The highest BCUT2D eigenvalue weighted by Crippen LogP contribution is 2.43. The van der Waals surface area contributed by atoms with Crippen LogP contribution in [0.2, 0.25) is 0 Å². The summed E-state index contributed by atoms with van der Waals surface area (Å²) in [7, 11) is 1.62. The van der Waals surface area contributed by atoms with Gasteiger partial charge in [0.1, 0.15) is 11.9 Å². The van der Waals surface area contributed by atoms with Crippen molar-refractivity contribution in [2.24, 2.45) is 0 Å². The number of anilines is 1. The Labute approximate surface area is 199 Å². The number of fused-ring (bicyclic) bond motifs is 1. The van der Waals surface area contributed by atoms with E-state index in [2.05, 4.69) is 31.1 Å². The molecule has 0 unspecified atom stereocenters. The molecular formula is C24H25BrN4O4. The quantitative estimate of drug-likeness (QED) is 0.546. The molecule has 1 N–H and O–H groups in total. The van der Waals surface area contributed by atoms with E-state index in [4.69, 9.17) is 9.47 Å². The third-order valence-corrected chi connectivity index (χ3v) is 6.90. The zero-order valence-electron chi connectivity index (χ0n) is 18.3. The van der Waals surface area contributed by atoms with Crippen LogP contribution in [0.1, 0.15) is 18.4 Å². The van der Waals surface area contributed by atoms with Gasteiger partial charge in [-0.2, -0.15) is 0 Å². The number of rotatable bonds is 6. The van der Waals surface area contributed by atoms with Crippen LogP contribution in [-0.4, -0.2) is 59.3 Å². The van der Waals surface area contributed by atoms with Crippen molar-refractivity contribution in [1.82, 2.24) is 14.5 Å². The van der Waals surface area contributed by atoms with Gasteiger partial charge in [-0.05, 0) is 43.2 Å². The van der Waals surface area contributed by atoms with E-state index in [9.17, 15) is 9.59 Å². The molecule has 0 atom stereocenters. The number of hydrogen-bond donors (Lipinski definition) is 1. The molecule has 2 heterocycles. The first kappa shape index (κ1) is 22.2. The standard InChI is InChI=1S/C24H25BrN4O4/c1-32-14-16-2-4-18(29-15-26-21-12-17(25)3-5-19(21)22(29)30)13-20(16)27-23(31)24(6-7-24)28-8-10-33-11-9-28/h2-5,12-13,15H,6-11,14H2,1H3,(H,27,31). The Morgan fingerprint density at radius 3 is 2.73 bits per heavy atom. The first-order valence-corrected chi connectivity index (χ1v) is 11.7. The topological polar surface area (TPSA) is 85.7 Å². The van der Waals surface area contributed by atoms with Gasteiger partial charge in [-0.1, -0.05) is 22.0 Å². The van der Waals surface area contributed by atoms with Crippen LogP contribution in [0.3, 0.4) is 0 Å². The predicted octanol–water partition coefficient (Wildman–Crippen LogP) is 3.10. The van der Waals surface area contributed by atoms with Crippen LogP contribution in [0.15, 0.2) is 52.0 Å². The zero-order chi connectivity index (χ0) is 23.0. The molecule has 1 amide bonds. The molecule has 2 aromatic carbocycles. The molecule has 1 aliphatic carbocycles. The molecule has 0 radical (unpaired) electrons. The summed E-state index contributed by atoms with van der Waals surface area (Å²) in [4.78, 5) is 33.2. The highest BCUT2D eigenvalue weighted by atomic mass is 79.9. The zero-order valence-corrected chi connectivity index (χ0v) is 19.9. The number of halogens is 1. The molecule has 1 aromatic heterocycles. The molecule has 1 saturated heterocycles. The van der Waals surface area contributed by atoms with Gasteiger partial charge in [0.05, 0.1) is 36.4 Å². The second kappa shape index (κ2) is 8.98. The van der Waals surface area contributed by atoms with Crippen molar-refractivity contribution in [1.29, 1.82) is 0 Å². The number of amides is 1. The van der Waals surface area contributed by atoms with Crippen molar-refractivity contribution in [2.75, 3.05) is 38.7 Å². The first-order valence-electron chi connectivity index (χ1n) is 11.0. The van der Waals surface area contributed by atoms with Crippen LogP contribution < -0.4 is 10.9 Å². The molecule has 9 heteroatoms. The van der Waals surface area contributed by atoms with Gasteiger partial charge < -0.3 is 14.8 Å². The Hall–Kier alpha value is -2.59. The molecule has 5 rings (SSSR count). The Balaban J connectivity index is 1.49. The summed E-state index contributed by atoms with van der Waals surface area (Å²) in [5, 5.41) is 3.65. The van der Waals surface area contributed by atoms with E-state index in [0.717, 1.165) is 36.0 Å². The molecule has 8 nitrogen and oxygen atoms in total. The van der Waals surface area contributed by atoms with Crippen LogP contribution in [0.4, 0.5) is 5.69 Å². The number of hydrogen-bond acceptors (Lipinski definition) is 6. The Morgan fingerprint density at radius 1 is 1.21 bits per heavy atom. The van der Waals surface area contributed by atoms with Crippen LogP contribution in [0, 0.1) is 0 Å². The molecular weight excluding hydrogens is 488 g/mol. The third kappa shape index (κ3) is 4.21. The van der Waals surface area contributed by atoms with Gasteiger partial charge >= 0.3 is 0 Å². The number of nitrogens with one attached hydrogen (secondary N) is 1. The Morgan fingerprint density at radius 2 is 2.00 bits per heavy atom. The minimum Gasteiger partial charge on any atom is -0.380 e. The average molecular weight is 513 g/mol. The van der Waals surface area contributed by atoms with Crippen molar-refractivity contribution in [3.63, 3.8) is 0 Å². The van der Waals surface area contributed by atoms with E-state index >= 15 is 0 Å². The largest absolute Gasteiger partial charge is 0.380 e. The lowest BCUT2D eigenvalue weighted by molar-refractivity contribution is -0.124. The predicted molar refractivity (Wildman–Crippen MR) is 129 cm³/mol. The van der Waals surface area contributed by atoms with Crippen LogP contribution in [0.25, 0.3) is 16.6 Å². The second-order valence-corrected chi connectivity index (χ2v) is 9.36. The summed E-state index contributed by atoms with van der Waals surface area (Å²) < 4.78 is 13.2. The number of benzene rings is 2. The summed E-state index contributed by atoms with van der Waals surface area (Å²) in [5.74, 6) is -0.0206. The average Bonchev–Trinajstić information content (AvgIpc) is 3.63. The molecule has 33 heavy (non-hydrogen) atoms. The SMILES string of the molecule is COCc1ccc(-n2cnc3cc(Br)ccc3c2=O)cc1NC(=O)C1(N2CCOCC2)CC1. The van der Waals surface area contributed by atoms with Crippen LogP contribution in [0.5, 0.6) is 0 Å². The van der Waals surface area contributed by atoms with Gasteiger partial charge in [-0.15, -0.1) is 0 Å². The van der Waals surface area contributed by atoms with E-state index < -0.39 is 5.54 Å². The lowest BCUT2D eigenvalue weighted by atomic mass is 10.1.